The Balaban J connectivity index is 1.44. The minimum Gasteiger partial charge on any atom is -0.272 e. The molecule has 2 heterocycles. The number of fused-ring (bicyclic) bond motifs is 1. The first-order chi connectivity index (χ1) is 12.2. The first kappa shape index (κ1) is 18.5. The van der Waals surface area contributed by atoms with Crippen LogP contribution in [0.25, 0.3) is 0 Å². The maximum absolute atomic E-state index is 12.3. The van der Waals surface area contributed by atoms with Gasteiger partial charge < -0.3 is 0 Å². The van der Waals surface area contributed by atoms with E-state index in [1.54, 1.807) is 34.4 Å². The van der Waals surface area contributed by atoms with E-state index in [-0.39, 0.29) is 11.8 Å². The summed E-state index contributed by atoms with van der Waals surface area (Å²) in [5, 5.41) is 2.03. The second-order valence-electron chi connectivity index (χ2n) is 6.05. The van der Waals surface area contributed by atoms with Crippen LogP contribution in [0.1, 0.15) is 50.7 Å². The molecule has 1 aliphatic rings. The van der Waals surface area contributed by atoms with E-state index in [1.165, 1.54) is 41.0 Å². The van der Waals surface area contributed by atoms with Crippen molar-refractivity contribution in [2.24, 2.45) is 0 Å². The molecule has 2 aromatic rings. The lowest BCUT2D eigenvalue weighted by Gasteiger charge is -2.07. The molecular formula is C18H22N2O2S3. The zero-order valence-corrected chi connectivity index (χ0v) is 16.5. The molecule has 0 bridgehead atoms. The van der Waals surface area contributed by atoms with Crippen molar-refractivity contribution in [1.82, 2.24) is 10.9 Å². The van der Waals surface area contributed by atoms with Crippen molar-refractivity contribution < 1.29 is 9.59 Å². The molecule has 2 N–H and O–H groups in total. The number of carbonyl (C=O) groups excluding carboxylic acids is 2. The Bertz CT molecular complexity index is 684. The Labute approximate surface area is 160 Å². The third kappa shape index (κ3) is 5.59. The number of hydrogen-bond acceptors (Lipinski definition) is 5. The molecular weight excluding hydrogens is 372 g/mol. The van der Waals surface area contributed by atoms with Gasteiger partial charge in [-0.2, -0.15) is 0 Å². The fourth-order valence-corrected chi connectivity index (χ4v) is 5.64. The molecule has 1 aliphatic carbocycles. The second-order valence-corrected chi connectivity index (χ2v) is 9.20. The molecule has 4 nitrogen and oxygen atoms in total. The van der Waals surface area contributed by atoms with Crippen LogP contribution in [0.2, 0.25) is 0 Å². The maximum Gasteiger partial charge on any atom is 0.279 e. The van der Waals surface area contributed by atoms with Gasteiger partial charge in [0.15, 0.2) is 0 Å². The lowest BCUT2D eigenvalue weighted by molar-refractivity contribution is -0.119. The summed E-state index contributed by atoms with van der Waals surface area (Å²) in [5.74, 6) is 0.758. The SMILES string of the molecule is O=C(CSCc1cccs1)NNC(=O)c1cc2c(s1)CCCCCC2. The van der Waals surface area contributed by atoms with Crippen LogP contribution in [0, 0.1) is 0 Å². The Kier molecular flexibility index (Phi) is 6.95. The van der Waals surface area contributed by atoms with Crippen molar-refractivity contribution in [1.29, 1.82) is 0 Å². The van der Waals surface area contributed by atoms with Gasteiger partial charge in [-0.1, -0.05) is 18.9 Å². The predicted octanol–water partition coefficient (Wildman–Crippen LogP) is 4.16. The van der Waals surface area contributed by atoms with E-state index in [1.807, 2.05) is 17.5 Å². The van der Waals surface area contributed by atoms with Crippen LogP contribution in [-0.4, -0.2) is 17.6 Å². The van der Waals surface area contributed by atoms with Crippen molar-refractivity contribution in [3.8, 4) is 0 Å². The van der Waals surface area contributed by atoms with Gasteiger partial charge in [0.05, 0.1) is 10.6 Å². The topological polar surface area (TPSA) is 58.2 Å². The summed E-state index contributed by atoms with van der Waals surface area (Å²) in [6.45, 7) is 0. The number of thiophene rings is 2. The molecule has 0 radical (unpaired) electrons. The lowest BCUT2D eigenvalue weighted by atomic mass is 10.00. The summed E-state index contributed by atoms with van der Waals surface area (Å²) in [5.41, 5.74) is 6.37. The monoisotopic (exact) mass is 394 g/mol. The molecule has 0 spiro atoms. The number of rotatable bonds is 5. The Hall–Kier alpha value is -1.31. The highest BCUT2D eigenvalue weighted by atomic mass is 32.2. The largest absolute Gasteiger partial charge is 0.279 e. The van der Waals surface area contributed by atoms with Crippen LogP contribution in [0.4, 0.5) is 0 Å². The van der Waals surface area contributed by atoms with Crippen LogP contribution in [0.3, 0.4) is 0 Å². The van der Waals surface area contributed by atoms with E-state index in [4.69, 9.17) is 0 Å². The van der Waals surface area contributed by atoms with Crippen molar-refractivity contribution >= 4 is 46.2 Å². The van der Waals surface area contributed by atoms with Gasteiger partial charge in [0.1, 0.15) is 0 Å². The molecule has 2 amide bonds. The zero-order valence-electron chi connectivity index (χ0n) is 14.0. The molecule has 0 aromatic carbocycles. The van der Waals surface area contributed by atoms with E-state index < -0.39 is 0 Å². The zero-order chi connectivity index (χ0) is 17.5. The number of aryl methyl sites for hydroxylation is 2. The van der Waals surface area contributed by atoms with Crippen molar-refractivity contribution in [3.63, 3.8) is 0 Å². The summed E-state index contributed by atoms with van der Waals surface area (Å²) in [4.78, 5) is 27.4. The second kappa shape index (κ2) is 9.40. The number of hydrogen-bond donors (Lipinski definition) is 2. The Morgan fingerprint density at radius 2 is 1.96 bits per heavy atom. The number of nitrogens with one attached hydrogen (secondary N) is 2. The predicted molar refractivity (Wildman–Crippen MR) is 106 cm³/mol. The molecule has 0 saturated heterocycles. The average Bonchev–Trinajstić information content (AvgIpc) is 3.23. The van der Waals surface area contributed by atoms with Crippen molar-refractivity contribution in [2.45, 2.75) is 44.3 Å². The van der Waals surface area contributed by atoms with E-state index >= 15 is 0 Å². The summed E-state index contributed by atoms with van der Waals surface area (Å²) in [6, 6.07) is 6.06. The third-order valence-electron chi connectivity index (χ3n) is 4.09. The third-order valence-corrected chi connectivity index (χ3v) is 7.37. The first-order valence-electron chi connectivity index (χ1n) is 8.53. The standard InChI is InChI=1S/C18H22N2O2S3/c21-17(12-23-11-14-7-5-9-24-14)19-20-18(22)16-10-13-6-3-1-2-4-8-15(13)25-16/h5,7,9-10H,1-4,6,8,11-12H2,(H,19,21)(H,20,22). The quantitative estimate of drug-likeness (QED) is 0.749. The van der Waals surface area contributed by atoms with Gasteiger partial charge in [0.2, 0.25) is 5.91 Å². The highest BCUT2D eigenvalue weighted by Gasteiger charge is 2.16. The van der Waals surface area contributed by atoms with Crippen LogP contribution >= 0.6 is 34.4 Å². The summed E-state index contributed by atoms with van der Waals surface area (Å²) < 4.78 is 0. The first-order valence-corrected chi connectivity index (χ1v) is 11.4. The molecule has 0 unspecified atom stereocenters. The molecule has 7 heteroatoms. The Morgan fingerprint density at radius 1 is 1.12 bits per heavy atom. The fraction of sp³-hybridized carbons (Fsp3) is 0.444. The minimum absolute atomic E-state index is 0.176. The van der Waals surface area contributed by atoms with Gasteiger partial charge in [0.25, 0.3) is 5.91 Å². The van der Waals surface area contributed by atoms with Crippen LogP contribution in [-0.2, 0) is 23.4 Å². The molecule has 0 saturated carbocycles. The number of carbonyl (C=O) groups is 2. The molecule has 0 fully saturated rings. The molecule has 0 aliphatic heterocycles. The van der Waals surface area contributed by atoms with E-state index in [9.17, 15) is 9.59 Å². The minimum atomic E-state index is -0.214. The van der Waals surface area contributed by atoms with Gasteiger partial charge in [0, 0.05) is 15.5 Å². The van der Waals surface area contributed by atoms with Crippen LogP contribution < -0.4 is 10.9 Å². The smallest absolute Gasteiger partial charge is 0.272 e. The van der Waals surface area contributed by atoms with Crippen molar-refractivity contribution in [3.05, 3.63) is 43.8 Å². The van der Waals surface area contributed by atoms with Crippen molar-refractivity contribution in [2.75, 3.05) is 5.75 Å². The number of thioether (sulfide) groups is 1. The van der Waals surface area contributed by atoms with E-state index in [0.717, 1.165) is 18.6 Å². The number of hydrazine groups is 1. The fourth-order valence-electron chi connectivity index (χ4n) is 2.82. The van der Waals surface area contributed by atoms with Crippen LogP contribution in [0.5, 0.6) is 0 Å². The average molecular weight is 395 g/mol. The maximum atomic E-state index is 12.3. The molecule has 134 valence electrons. The van der Waals surface area contributed by atoms with Gasteiger partial charge in [-0.25, -0.2) is 0 Å². The van der Waals surface area contributed by atoms with E-state index in [0.29, 0.717) is 10.6 Å². The van der Waals surface area contributed by atoms with Gasteiger partial charge in [-0.3, -0.25) is 20.4 Å². The van der Waals surface area contributed by atoms with Gasteiger partial charge in [-0.15, -0.1) is 34.4 Å². The number of amides is 2. The van der Waals surface area contributed by atoms with Gasteiger partial charge in [-0.05, 0) is 48.8 Å². The highest BCUT2D eigenvalue weighted by Crippen LogP contribution is 2.28. The highest BCUT2D eigenvalue weighted by molar-refractivity contribution is 7.99. The summed E-state index contributed by atoms with van der Waals surface area (Å²) >= 11 is 4.79. The summed E-state index contributed by atoms with van der Waals surface area (Å²) in [7, 11) is 0. The lowest BCUT2D eigenvalue weighted by Crippen LogP contribution is -2.42. The molecule has 3 rings (SSSR count). The van der Waals surface area contributed by atoms with E-state index in [2.05, 4.69) is 16.9 Å². The molecule has 25 heavy (non-hydrogen) atoms. The van der Waals surface area contributed by atoms with Gasteiger partial charge >= 0.3 is 0 Å². The molecule has 2 aromatic heterocycles. The normalized spacial score (nSPS) is 14.2. The van der Waals surface area contributed by atoms with Crippen LogP contribution in [0.15, 0.2) is 23.6 Å². The Morgan fingerprint density at radius 3 is 2.76 bits per heavy atom. The molecule has 0 atom stereocenters. The summed E-state index contributed by atoms with van der Waals surface area (Å²) in [6.07, 6.45) is 7.08.